The maximum absolute atomic E-state index is 12.4. The van der Waals surface area contributed by atoms with E-state index in [1.807, 2.05) is 0 Å². The zero-order chi connectivity index (χ0) is 11.5. The van der Waals surface area contributed by atoms with E-state index in [-0.39, 0.29) is 6.54 Å². The van der Waals surface area contributed by atoms with Crippen LogP contribution < -0.4 is 5.32 Å². The van der Waals surface area contributed by atoms with E-state index in [0.717, 1.165) is 37.3 Å². The van der Waals surface area contributed by atoms with Crippen LogP contribution in [0.5, 0.6) is 0 Å². The van der Waals surface area contributed by atoms with Gasteiger partial charge in [0.1, 0.15) is 5.82 Å². The van der Waals surface area contributed by atoms with E-state index in [9.17, 15) is 9.18 Å². The number of nitrogens with one attached hydrogen (secondary N) is 1. The Kier molecular flexibility index (Phi) is 3.43. The number of halogens is 2. The summed E-state index contributed by atoms with van der Waals surface area (Å²) in [6.07, 6.45) is 4.96. The van der Waals surface area contributed by atoms with Gasteiger partial charge in [-0.2, -0.15) is 0 Å². The second kappa shape index (κ2) is 4.82. The topological polar surface area (TPSA) is 46.9 Å². The molecule has 1 aliphatic heterocycles. The van der Waals surface area contributed by atoms with Crippen LogP contribution in [0.1, 0.15) is 24.4 Å². The van der Waals surface area contributed by atoms with Crippen molar-refractivity contribution in [2.45, 2.75) is 38.0 Å². The average molecular weight is 246 g/mol. The summed E-state index contributed by atoms with van der Waals surface area (Å²) < 4.78 is 14.5. The molecular formula is C10H13ClFN3O. The Morgan fingerprint density at radius 2 is 2.50 bits per heavy atom. The van der Waals surface area contributed by atoms with Gasteiger partial charge in [0.2, 0.25) is 0 Å². The number of fused-ring (bicyclic) bond motifs is 1. The molecule has 2 rings (SSSR count). The largest absolute Gasteiger partial charge is 0.347 e. The van der Waals surface area contributed by atoms with Crippen molar-refractivity contribution in [2.75, 3.05) is 0 Å². The summed E-state index contributed by atoms with van der Waals surface area (Å²) in [7, 11) is 0. The third-order valence-corrected chi connectivity index (χ3v) is 2.89. The van der Waals surface area contributed by atoms with Gasteiger partial charge in [-0.05, 0) is 12.8 Å². The summed E-state index contributed by atoms with van der Waals surface area (Å²) >= 11 is 5.01. The summed E-state index contributed by atoms with van der Waals surface area (Å²) in [6, 6.07) is 0. The highest BCUT2D eigenvalue weighted by Gasteiger charge is 2.16. The van der Waals surface area contributed by atoms with Gasteiger partial charge in [-0.3, -0.25) is 4.79 Å². The Bertz CT molecular complexity index is 391. The van der Waals surface area contributed by atoms with Crippen LogP contribution in [0.15, 0.2) is 6.20 Å². The van der Waals surface area contributed by atoms with Crippen LogP contribution in [0.4, 0.5) is 4.39 Å². The number of carbonyl (C=O) groups is 1. The summed E-state index contributed by atoms with van der Waals surface area (Å²) in [6.45, 7) is 1.19. The lowest BCUT2D eigenvalue weighted by Crippen LogP contribution is -2.29. The van der Waals surface area contributed by atoms with E-state index in [0.29, 0.717) is 0 Å². The zero-order valence-electron chi connectivity index (χ0n) is 8.75. The number of rotatable bonds is 3. The highest BCUT2D eigenvalue weighted by Crippen LogP contribution is 2.15. The van der Waals surface area contributed by atoms with Crippen molar-refractivity contribution < 1.29 is 9.18 Å². The van der Waals surface area contributed by atoms with Crippen molar-refractivity contribution in [3.05, 3.63) is 17.7 Å². The zero-order valence-corrected chi connectivity index (χ0v) is 9.50. The molecule has 1 aromatic heterocycles. The van der Waals surface area contributed by atoms with Crippen LogP contribution in [0, 0.1) is 0 Å². The van der Waals surface area contributed by atoms with Crippen LogP contribution in [0.3, 0.4) is 0 Å². The van der Waals surface area contributed by atoms with Crippen LogP contribution in [-0.4, -0.2) is 21.1 Å². The summed E-state index contributed by atoms with van der Waals surface area (Å²) in [4.78, 5) is 15.2. The molecule has 0 aromatic carbocycles. The predicted molar refractivity (Wildman–Crippen MR) is 57.8 cm³/mol. The fourth-order valence-corrected chi connectivity index (χ4v) is 1.95. The summed E-state index contributed by atoms with van der Waals surface area (Å²) in [5.74, 6) is 0.242. The van der Waals surface area contributed by atoms with Crippen LogP contribution in [0.2, 0.25) is 0 Å². The number of imidazole rings is 1. The van der Waals surface area contributed by atoms with Crippen molar-refractivity contribution in [1.82, 2.24) is 14.9 Å². The van der Waals surface area contributed by atoms with E-state index in [1.54, 1.807) is 6.20 Å². The van der Waals surface area contributed by atoms with E-state index in [1.165, 1.54) is 0 Å². The van der Waals surface area contributed by atoms with Crippen molar-refractivity contribution in [3.63, 3.8) is 0 Å². The van der Waals surface area contributed by atoms with Gasteiger partial charge in [-0.25, -0.2) is 9.37 Å². The van der Waals surface area contributed by atoms with Gasteiger partial charge in [-0.15, -0.1) is 0 Å². The fraction of sp³-hybridized carbons (Fsp3) is 0.600. The number of amides is 1. The summed E-state index contributed by atoms with van der Waals surface area (Å²) in [5, 5.41) is 2.43. The van der Waals surface area contributed by atoms with Gasteiger partial charge in [0.05, 0.1) is 18.4 Å². The quantitative estimate of drug-likeness (QED) is 0.818. The molecular weight excluding hydrogens is 233 g/mol. The molecule has 1 amide bonds. The van der Waals surface area contributed by atoms with Crippen molar-refractivity contribution >= 4 is 17.5 Å². The molecule has 1 aromatic rings. The number of carbonyl (C=O) groups excluding carboxylic acids is 1. The van der Waals surface area contributed by atoms with Crippen LogP contribution >= 0.6 is 11.6 Å². The third-order valence-electron chi connectivity index (χ3n) is 2.69. The second-order valence-corrected chi connectivity index (χ2v) is 4.18. The molecule has 16 heavy (non-hydrogen) atoms. The minimum Gasteiger partial charge on any atom is -0.347 e. The van der Waals surface area contributed by atoms with Crippen LogP contribution in [0.25, 0.3) is 0 Å². The SMILES string of the molecule is O=C(NCc1cnc2n1CCCC2)C(F)Cl. The fourth-order valence-electron chi connectivity index (χ4n) is 1.88. The highest BCUT2D eigenvalue weighted by atomic mass is 35.5. The lowest BCUT2D eigenvalue weighted by atomic mass is 10.1. The number of alkyl halides is 2. The number of nitrogens with zero attached hydrogens (tertiary/aromatic N) is 2. The Labute approximate surface area is 97.8 Å². The smallest absolute Gasteiger partial charge is 0.270 e. The standard InChI is InChI=1S/C10H13ClFN3O/c11-9(12)10(16)14-6-7-5-13-8-3-1-2-4-15(7)8/h5,9H,1-4,6H2,(H,14,16). The molecule has 88 valence electrons. The minimum absolute atomic E-state index is 0.277. The Morgan fingerprint density at radius 3 is 3.25 bits per heavy atom. The molecule has 1 N–H and O–H groups in total. The number of hydrogen-bond donors (Lipinski definition) is 1. The minimum atomic E-state index is -1.98. The Hall–Kier alpha value is -1.10. The van der Waals surface area contributed by atoms with Gasteiger partial charge in [0, 0.05) is 13.0 Å². The lowest BCUT2D eigenvalue weighted by molar-refractivity contribution is -0.123. The molecule has 0 saturated carbocycles. The number of aryl methyl sites for hydroxylation is 1. The summed E-state index contributed by atoms with van der Waals surface area (Å²) in [5.41, 5.74) is -1.08. The number of hydrogen-bond acceptors (Lipinski definition) is 2. The van der Waals surface area contributed by atoms with Crippen molar-refractivity contribution in [2.24, 2.45) is 0 Å². The van der Waals surface area contributed by atoms with Gasteiger partial charge >= 0.3 is 0 Å². The highest BCUT2D eigenvalue weighted by molar-refractivity contribution is 6.29. The third kappa shape index (κ3) is 2.35. The first-order valence-electron chi connectivity index (χ1n) is 5.27. The molecule has 0 radical (unpaired) electrons. The van der Waals surface area contributed by atoms with E-state index in [2.05, 4.69) is 14.9 Å². The monoisotopic (exact) mass is 245 g/mol. The van der Waals surface area contributed by atoms with E-state index >= 15 is 0 Å². The van der Waals surface area contributed by atoms with E-state index < -0.39 is 11.5 Å². The normalized spacial score (nSPS) is 16.6. The Balaban J connectivity index is 2.00. The molecule has 0 fully saturated rings. The van der Waals surface area contributed by atoms with Gasteiger partial charge in [0.15, 0.2) is 0 Å². The van der Waals surface area contributed by atoms with Gasteiger partial charge < -0.3 is 9.88 Å². The molecule has 1 atom stereocenters. The predicted octanol–water partition coefficient (Wildman–Crippen LogP) is 1.37. The molecule has 1 unspecified atom stereocenters. The molecule has 2 heterocycles. The molecule has 4 nitrogen and oxygen atoms in total. The maximum Gasteiger partial charge on any atom is 0.270 e. The molecule has 1 aliphatic rings. The molecule has 6 heteroatoms. The molecule has 0 saturated heterocycles. The molecule has 0 aliphatic carbocycles. The first-order valence-corrected chi connectivity index (χ1v) is 5.71. The maximum atomic E-state index is 12.4. The first kappa shape index (κ1) is 11.4. The second-order valence-electron chi connectivity index (χ2n) is 3.79. The molecule has 0 spiro atoms. The average Bonchev–Trinajstić information content (AvgIpc) is 2.69. The number of aromatic nitrogens is 2. The van der Waals surface area contributed by atoms with Gasteiger partial charge in [0.25, 0.3) is 11.5 Å². The Morgan fingerprint density at radius 1 is 1.69 bits per heavy atom. The van der Waals surface area contributed by atoms with Crippen molar-refractivity contribution in [3.8, 4) is 0 Å². The first-order chi connectivity index (χ1) is 7.68. The lowest BCUT2D eigenvalue weighted by Gasteiger charge is -2.16. The van der Waals surface area contributed by atoms with Gasteiger partial charge in [-0.1, -0.05) is 11.6 Å². The molecule has 0 bridgehead atoms. The van der Waals surface area contributed by atoms with Crippen LogP contribution in [-0.2, 0) is 24.3 Å². The van der Waals surface area contributed by atoms with Crippen molar-refractivity contribution in [1.29, 1.82) is 0 Å². The van der Waals surface area contributed by atoms with E-state index in [4.69, 9.17) is 11.6 Å².